The van der Waals surface area contributed by atoms with Gasteiger partial charge in [0.15, 0.2) is 0 Å². The number of nitrogens with zero attached hydrogens (tertiary/aromatic N) is 1. The number of urea groups is 1. The molecule has 1 aromatic rings. The topological polar surface area (TPSA) is 69.6 Å². The number of hydrogen-bond donors (Lipinski definition) is 2. The molecule has 0 radical (unpaired) electrons. The van der Waals surface area contributed by atoms with Gasteiger partial charge in [0.05, 0.1) is 5.92 Å². The number of benzene rings is 1. The molecular formula is C15H19BrN2O3. The van der Waals surface area contributed by atoms with Gasteiger partial charge in [-0.2, -0.15) is 0 Å². The molecule has 5 nitrogen and oxygen atoms in total. The predicted octanol–water partition coefficient (Wildman–Crippen LogP) is 2.68. The molecule has 114 valence electrons. The van der Waals surface area contributed by atoms with E-state index in [4.69, 9.17) is 5.11 Å². The maximum Gasteiger partial charge on any atom is 0.317 e. The molecule has 1 aromatic carbocycles. The van der Waals surface area contributed by atoms with E-state index in [1.54, 1.807) is 4.90 Å². The Morgan fingerprint density at radius 2 is 2.00 bits per heavy atom. The van der Waals surface area contributed by atoms with E-state index in [1.807, 2.05) is 26.0 Å². The van der Waals surface area contributed by atoms with E-state index >= 15 is 0 Å². The van der Waals surface area contributed by atoms with Gasteiger partial charge in [0, 0.05) is 24.1 Å². The van der Waals surface area contributed by atoms with E-state index in [0.717, 1.165) is 21.2 Å². The van der Waals surface area contributed by atoms with Crippen molar-refractivity contribution in [2.24, 2.45) is 5.92 Å². The molecule has 2 rings (SSSR count). The first-order chi connectivity index (χ1) is 9.88. The van der Waals surface area contributed by atoms with E-state index in [2.05, 4.69) is 21.2 Å². The fraction of sp³-hybridized carbons (Fsp3) is 0.467. The first kappa shape index (κ1) is 15.8. The number of likely N-dealkylation sites (tertiary alicyclic amines) is 1. The molecule has 21 heavy (non-hydrogen) atoms. The molecule has 2 amide bonds. The second-order valence-corrected chi connectivity index (χ2v) is 6.36. The summed E-state index contributed by atoms with van der Waals surface area (Å²) in [5.41, 5.74) is 3.33. The van der Waals surface area contributed by atoms with E-state index in [9.17, 15) is 9.59 Å². The first-order valence-corrected chi connectivity index (χ1v) is 7.69. The summed E-state index contributed by atoms with van der Waals surface area (Å²) in [4.78, 5) is 24.6. The molecule has 0 aromatic heterocycles. The van der Waals surface area contributed by atoms with Crippen LogP contribution in [-0.4, -0.2) is 35.1 Å². The van der Waals surface area contributed by atoms with Crippen molar-refractivity contribution in [2.75, 3.05) is 13.1 Å². The van der Waals surface area contributed by atoms with Crippen LogP contribution in [0.25, 0.3) is 0 Å². The Bertz CT molecular complexity index is 551. The van der Waals surface area contributed by atoms with Crippen molar-refractivity contribution < 1.29 is 14.7 Å². The molecule has 0 aliphatic carbocycles. The first-order valence-electron chi connectivity index (χ1n) is 6.89. The smallest absolute Gasteiger partial charge is 0.317 e. The lowest BCUT2D eigenvalue weighted by Gasteiger charge is -2.18. The second-order valence-electron chi connectivity index (χ2n) is 5.45. The molecule has 0 spiro atoms. The zero-order valence-corrected chi connectivity index (χ0v) is 13.7. The average molecular weight is 355 g/mol. The van der Waals surface area contributed by atoms with Crippen LogP contribution in [0.2, 0.25) is 0 Å². The number of nitrogens with one attached hydrogen (secondary N) is 1. The van der Waals surface area contributed by atoms with Gasteiger partial charge in [-0.05, 0) is 49.1 Å². The van der Waals surface area contributed by atoms with Crippen molar-refractivity contribution in [3.8, 4) is 0 Å². The molecule has 6 heteroatoms. The maximum absolute atomic E-state index is 12.1. The highest BCUT2D eigenvalue weighted by Gasteiger charge is 2.30. The standard InChI is InChI=1S/C15H19BrN2O3/c1-9-5-12(16)6-10(2)13(9)7-17-15(21)18-4-3-11(8-18)14(19)20/h5-6,11H,3-4,7-8H2,1-2H3,(H,17,21)(H,19,20). The third-order valence-corrected chi connectivity index (χ3v) is 4.36. The predicted molar refractivity (Wildman–Crippen MR) is 83.2 cm³/mol. The highest BCUT2D eigenvalue weighted by atomic mass is 79.9. The second kappa shape index (κ2) is 6.47. The number of aliphatic carboxylic acids is 1. The third-order valence-electron chi connectivity index (χ3n) is 3.90. The van der Waals surface area contributed by atoms with Crippen molar-refractivity contribution in [2.45, 2.75) is 26.8 Å². The van der Waals surface area contributed by atoms with Crippen LogP contribution in [0.1, 0.15) is 23.1 Å². The Kier molecular flexibility index (Phi) is 4.88. The van der Waals surface area contributed by atoms with E-state index in [-0.39, 0.29) is 6.03 Å². The van der Waals surface area contributed by atoms with Gasteiger partial charge < -0.3 is 15.3 Å². The number of aryl methyl sites for hydroxylation is 2. The molecule has 1 unspecified atom stereocenters. The maximum atomic E-state index is 12.1. The number of rotatable bonds is 3. The van der Waals surface area contributed by atoms with Crippen molar-refractivity contribution in [1.82, 2.24) is 10.2 Å². The van der Waals surface area contributed by atoms with Gasteiger partial charge in [0.1, 0.15) is 0 Å². The zero-order chi connectivity index (χ0) is 15.6. The van der Waals surface area contributed by atoms with Crippen LogP contribution in [0.4, 0.5) is 4.79 Å². The van der Waals surface area contributed by atoms with Crippen LogP contribution in [0.5, 0.6) is 0 Å². The molecule has 1 atom stereocenters. The molecule has 1 heterocycles. The summed E-state index contributed by atoms with van der Waals surface area (Å²) in [7, 11) is 0. The summed E-state index contributed by atoms with van der Waals surface area (Å²) in [5.74, 6) is -1.27. The van der Waals surface area contributed by atoms with Gasteiger partial charge in [-0.15, -0.1) is 0 Å². The number of carbonyl (C=O) groups is 2. The van der Waals surface area contributed by atoms with Gasteiger partial charge >= 0.3 is 12.0 Å². The Morgan fingerprint density at radius 3 is 2.52 bits per heavy atom. The molecule has 1 saturated heterocycles. The van der Waals surface area contributed by atoms with E-state index in [0.29, 0.717) is 26.1 Å². The van der Waals surface area contributed by atoms with Gasteiger partial charge in [0.25, 0.3) is 0 Å². The molecule has 1 fully saturated rings. The fourth-order valence-corrected chi connectivity index (χ4v) is 3.33. The lowest BCUT2D eigenvalue weighted by Crippen LogP contribution is -2.38. The molecule has 1 aliphatic heterocycles. The van der Waals surface area contributed by atoms with Crippen LogP contribution < -0.4 is 5.32 Å². The Balaban J connectivity index is 1.95. The largest absolute Gasteiger partial charge is 0.481 e. The summed E-state index contributed by atoms with van der Waals surface area (Å²) in [6, 6.07) is 3.84. The summed E-state index contributed by atoms with van der Waals surface area (Å²) in [5, 5.41) is 11.8. The van der Waals surface area contributed by atoms with Gasteiger partial charge in [-0.1, -0.05) is 15.9 Å². The number of carbonyl (C=O) groups excluding carboxylic acids is 1. The summed E-state index contributed by atoms with van der Waals surface area (Å²) in [6.07, 6.45) is 0.527. The van der Waals surface area contributed by atoms with Crippen LogP contribution in [0.15, 0.2) is 16.6 Å². The fourth-order valence-electron chi connectivity index (χ4n) is 2.64. The van der Waals surface area contributed by atoms with Crippen molar-refractivity contribution in [3.05, 3.63) is 33.3 Å². The lowest BCUT2D eigenvalue weighted by atomic mass is 10.0. The zero-order valence-electron chi connectivity index (χ0n) is 12.1. The normalized spacial score (nSPS) is 17.9. The number of halogens is 1. The van der Waals surface area contributed by atoms with Crippen LogP contribution >= 0.6 is 15.9 Å². The molecule has 0 saturated carbocycles. The number of hydrogen-bond acceptors (Lipinski definition) is 2. The number of carboxylic acids is 1. The summed E-state index contributed by atoms with van der Waals surface area (Å²) >= 11 is 3.45. The highest BCUT2D eigenvalue weighted by Crippen LogP contribution is 2.21. The number of carboxylic acid groups (broad SMARTS) is 1. The Hall–Kier alpha value is -1.56. The average Bonchev–Trinajstić information content (AvgIpc) is 2.86. The van der Waals surface area contributed by atoms with Crippen molar-refractivity contribution >= 4 is 27.9 Å². The summed E-state index contributed by atoms with van der Waals surface area (Å²) in [6.45, 7) is 5.27. The third kappa shape index (κ3) is 3.75. The van der Waals surface area contributed by atoms with Crippen LogP contribution in [-0.2, 0) is 11.3 Å². The minimum absolute atomic E-state index is 0.194. The van der Waals surface area contributed by atoms with E-state index < -0.39 is 11.9 Å². The molecular weight excluding hydrogens is 336 g/mol. The number of amides is 2. The van der Waals surface area contributed by atoms with Gasteiger partial charge in [0.2, 0.25) is 0 Å². The van der Waals surface area contributed by atoms with Gasteiger partial charge in [-0.3, -0.25) is 4.79 Å². The Morgan fingerprint density at radius 1 is 1.38 bits per heavy atom. The summed E-state index contributed by atoms with van der Waals surface area (Å²) < 4.78 is 1.02. The van der Waals surface area contributed by atoms with Gasteiger partial charge in [-0.25, -0.2) is 4.79 Å². The van der Waals surface area contributed by atoms with Crippen molar-refractivity contribution in [3.63, 3.8) is 0 Å². The minimum Gasteiger partial charge on any atom is -0.481 e. The molecule has 1 aliphatic rings. The quantitative estimate of drug-likeness (QED) is 0.876. The SMILES string of the molecule is Cc1cc(Br)cc(C)c1CNC(=O)N1CCC(C(=O)O)C1. The molecule has 2 N–H and O–H groups in total. The highest BCUT2D eigenvalue weighted by molar-refractivity contribution is 9.10. The lowest BCUT2D eigenvalue weighted by molar-refractivity contribution is -0.141. The van der Waals surface area contributed by atoms with E-state index in [1.165, 1.54) is 0 Å². The molecule has 0 bridgehead atoms. The minimum atomic E-state index is -0.829. The van der Waals surface area contributed by atoms with Crippen molar-refractivity contribution in [1.29, 1.82) is 0 Å². The monoisotopic (exact) mass is 354 g/mol. The van der Waals surface area contributed by atoms with Crippen LogP contribution in [0, 0.1) is 19.8 Å². The Labute approximate surface area is 132 Å². The van der Waals surface area contributed by atoms with Crippen LogP contribution in [0.3, 0.4) is 0 Å².